The molecule has 0 N–H and O–H groups in total. The first-order valence-electron chi connectivity index (χ1n) is 29.9. The van der Waals surface area contributed by atoms with Crippen molar-refractivity contribution in [3.05, 3.63) is 0 Å². The summed E-state index contributed by atoms with van der Waals surface area (Å²) in [5.74, 6) is 0.0757. The second kappa shape index (κ2) is 54.4. The Kier molecular flexibility index (Phi) is 53.0. The molecular weight excluding hydrogens is 817 g/mol. The molecule has 0 bridgehead atoms. The SMILES string of the molecule is CCCCCCCCCCCCCCCCCC(=O)O[C@@H](COC(=O)CCCCCCCCCCCCC)COC(=O)CCCCCCCCCCCCCCCCCCCCC(C)CC. The summed E-state index contributed by atoms with van der Waals surface area (Å²) >= 11 is 0. The lowest BCUT2D eigenvalue weighted by Gasteiger charge is -2.18. The molecule has 0 aromatic heterocycles. The third kappa shape index (κ3) is 51.8. The fourth-order valence-electron chi connectivity index (χ4n) is 9.25. The van der Waals surface area contributed by atoms with Crippen LogP contribution >= 0.6 is 0 Å². The quantitative estimate of drug-likeness (QED) is 0.0343. The first-order chi connectivity index (χ1) is 32.4. The Hall–Kier alpha value is -1.59. The highest BCUT2D eigenvalue weighted by molar-refractivity contribution is 5.71. The fraction of sp³-hybridized carbons (Fsp3) is 0.950. The molecule has 2 atom stereocenters. The van der Waals surface area contributed by atoms with Crippen LogP contribution in [-0.4, -0.2) is 37.2 Å². The molecule has 0 spiro atoms. The van der Waals surface area contributed by atoms with Gasteiger partial charge >= 0.3 is 17.9 Å². The van der Waals surface area contributed by atoms with Crippen LogP contribution in [0.1, 0.15) is 342 Å². The molecule has 0 aromatic carbocycles. The molecule has 0 amide bonds. The number of hydrogen-bond acceptors (Lipinski definition) is 6. The van der Waals surface area contributed by atoms with Crippen molar-refractivity contribution in [3.63, 3.8) is 0 Å². The van der Waals surface area contributed by atoms with Crippen molar-refractivity contribution >= 4 is 17.9 Å². The zero-order chi connectivity index (χ0) is 48.1. The van der Waals surface area contributed by atoms with Crippen LogP contribution in [0.2, 0.25) is 0 Å². The molecule has 0 aliphatic heterocycles. The molecule has 392 valence electrons. The summed E-state index contributed by atoms with van der Waals surface area (Å²) in [4.78, 5) is 38.1. The highest BCUT2D eigenvalue weighted by atomic mass is 16.6. The number of esters is 3. The van der Waals surface area contributed by atoms with Crippen LogP contribution in [0.5, 0.6) is 0 Å². The molecule has 6 nitrogen and oxygen atoms in total. The van der Waals surface area contributed by atoms with Crippen molar-refractivity contribution in [3.8, 4) is 0 Å². The topological polar surface area (TPSA) is 78.9 Å². The first kappa shape index (κ1) is 64.4. The molecule has 0 saturated heterocycles. The van der Waals surface area contributed by atoms with Gasteiger partial charge in [-0.1, -0.05) is 304 Å². The number of carbonyl (C=O) groups excluding carboxylic acids is 3. The van der Waals surface area contributed by atoms with Gasteiger partial charge in [0.2, 0.25) is 0 Å². The van der Waals surface area contributed by atoms with Gasteiger partial charge in [0, 0.05) is 19.3 Å². The molecule has 0 fully saturated rings. The molecule has 0 radical (unpaired) electrons. The van der Waals surface area contributed by atoms with E-state index in [1.165, 1.54) is 238 Å². The molecule has 0 aliphatic rings. The lowest BCUT2D eigenvalue weighted by molar-refractivity contribution is -0.167. The van der Waals surface area contributed by atoms with Gasteiger partial charge in [0.05, 0.1) is 0 Å². The van der Waals surface area contributed by atoms with E-state index in [4.69, 9.17) is 14.2 Å². The monoisotopic (exact) mass is 933 g/mol. The largest absolute Gasteiger partial charge is 0.462 e. The molecule has 6 heteroatoms. The molecule has 0 aromatic rings. The molecular formula is C60H116O6. The van der Waals surface area contributed by atoms with Gasteiger partial charge in [-0.3, -0.25) is 14.4 Å². The predicted octanol–water partition coefficient (Wildman–Crippen LogP) is 19.8. The van der Waals surface area contributed by atoms with E-state index < -0.39 is 6.10 Å². The van der Waals surface area contributed by atoms with E-state index in [1.54, 1.807) is 0 Å². The summed E-state index contributed by atoms with van der Waals surface area (Å²) in [7, 11) is 0. The van der Waals surface area contributed by atoms with Crippen molar-refractivity contribution in [2.24, 2.45) is 5.92 Å². The molecule has 66 heavy (non-hydrogen) atoms. The van der Waals surface area contributed by atoms with Crippen LogP contribution in [-0.2, 0) is 28.6 Å². The molecule has 0 aliphatic carbocycles. The van der Waals surface area contributed by atoms with Crippen LogP contribution < -0.4 is 0 Å². The Morgan fingerprint density at radius 2 is 0.530 bits per heavy atom. The van der Waals surface area contributed by atoms with Gasteiger partial charge in [0.1, 0.15) is 13.2 Å². The number of hydrogen-bond donors (Lipinski definition) is 0. The Morgan fingerprint density at radius 1 is 0.303 bits per heavy atom. The summed E-state index contributed by atoms with van der Waals surface area (Å²) in [6.07, 6.45) is 59.5. The minimum Gasteiger partial charge on any atom is -0.462 e. The van der Waals surface area contributed by atoms with Gasteiger partial charge in [-0.2, -0.15) is 0 Å². The van der Waals surface area contributed by atoms with Gasteiger partial charge in [0.25, 0.3) is 0 Å². The normalized spacial score (nSPS) is 12.4. The second-order valence-corrected chi connectivity index (χ2v) is 20.9. The molecule has 1 unspecified atom stereocenters. The Balaban J connectivity index is 4.20. The summed E-state index contributed by atoms with van der Waals surface area (Å²) in [5.41, 5.74) is 0. The highest BCUT2D eigenvalue weighted by Gasteiger charge is 2.19. The van der Waals surface area contributed by atoms with Crippen LogP contribution in [0.4, 0.5) is 0 Å². The van der Waals surface area contributed by atoms with Crippen LogP contribution in [0.25, 0.3) is 0 Å². The summed E-state index contributed by atoms with van der Waals surface area (Å²) in [6.45, 7) is 9.11. The van der Waals surface area contributed by atoms with E-state index in [1.807, 2.05) is 0 Å². The molecule has 0 rings (SSSR count). The van der Waals surface area contributed by atoms with Crippen molar-refractivity contribution < 1.29 is 28.6 Å². The maximum atomic E-state index is 12.8. The van der Waals surface area contributed by atoms with Gasteiger partial charge in [-0.15, -0.1) is 0 Å². The average Bonchev–Trinajstić information content (AvgIpc) is 3.32. The average molecular weight is 934 g/mol. The zero-order valence-electron chi connectivity index (χ0n) is 45.2. The summed E-state index contributed by atoms with van der Waals surface area (Å²) in [5, 5.41) is 0. The fourth-order valence-corrected chi connectivity index (χ4v) is 9.25. The minimum absolute atomic E-state index is 0.0616. The standard InChI is InChI=1S/C60H116O6/c1-5-8-10-12-14-16-18-19-24-29-33-37-41-45-49-53-60(63)66-57(54-64-58(61)51-47-43-39-35-30-17-15-13-11-9-6-2)55-65-59(62)52-48-44-40-36-32-28-26-23-21-20-22-25-27-31-34-38-42-46-50-56(4)7-3/h56-57H,5-55H2,1-4H3/t56?,57-/m0/s1. The number of rotatable bonds is 55. The van der Waals surface area contributed by atoms with Crippen LogP contribution in [0, 0.1) is 5.92 Å². The lowest BCUT2D eigenvalue weighted by Crippen LogP contribution is -2.30. The maximum Gasteiger partial charge on any atom is 0.306 e. The third-order valence-corrected chi connectivity index (χ3v) is 14.2. The predicted molar refractivity (Wildman–Crippen MR) is 284 cm³/mol. The minimum atomic E-state index is -0.761. The number of ether oxygens (including phenoxy) is 3. The van der Waals surface area contributed by atoms with E-state index in [2.05, 4.69) is 27.7 Å². The van der Waals surface area contributed by atoms with Gasteiger partial charge in [-0.05, 0) is 25.2 Å². The lowest BCUT2D eigenvalue weighted by atomic mass is 9.99. The number of carbonyl (C=O) groups is 3. The highest BCUT2D eigenvalue weighted by Crippen LogP contribution is 2.19. The maximum absolute atomic E-state index is 12.8. The van der Waals surface area contributed by atoms with Crippen molar-refractivity contribution in [2.45, 2.75) is 348 Å². The van der Waals surface area contributed by atoms with Crippen LogP contribution in [0.15, 0.2) is 0 Å². The van der Waals surface area contributed by atoms with Gasteiger partial charge < -0.3 is 14.2 Å². The molecule has 0 saturated carbocycles. The summed E-state index contributed by atoms with van der Waals surface area (Å²) < 4.78 is 16.9. The van der Waals surface area contributed by atoms with Gasteiger partial charge in [0.15, 0.2) is 6.10 Å². The van der Waals surface area contributed by atoms with Crippen LogP contribution in [0.3, 0.4) is 0 Å². The number of unbranched alkanes of at least 4 members (excludes halogenated alkanes) is 41. The van der Waals surface area contributed by atoms with Crippen molar-refractivity contribution in [1.29, 1.82) is 0 Å². The Bertz CT molecular complexity index is 998. The Labute approximate surface area is 412 Å². The van der Waals surface area contributed by atoms with Crippen molar-refractivity contribution in [1.82, 2.24) is 0 Å². The van der Waals surface area contributed by atoms with Gasteiger partial charge in [-0.25, -0.2) is 0 Å². The van der Waals surface area contributed by atoms with E-state index in [0.717, 1.165) is 63.7 Å². The zero-order valence-corrected chi connectivity index (χ0v) is 45.2. The van der Waals surface area contributed by atoms with Crippen molar-refractivity contribution in [2.75, 3.05) is 13.2 Å². The second-order valence-electron chi connectivity index (χ2n) is 20.9. The Morgan fingerprint density at radius 3 is 0.788 bits per heavy atom. The smallest absolute Gasteiger partial charge is 0.306 e. The summed E-state index contributed by atoms with van der Waals surface area (Å²) in [6, 6.07) is 0. The first-order valence-corrected chi connectivity index (χ1v) is 29.9. The molecule has 0 heterocycles. The van der Waals surface area contributed by atoms with E-state index in [-0.39, 0.29) is 31.1 Å². The van der Waals surface area contributed by atoms with E-state index >= 15 is 0 Å². The third-order valence-electron chi connectivity index (χ3n) is 14.2. The van der Waals surface area contributed by atoms with E-state index in [9.17, 15) is 14.4 Å². The van der Waals surface area contributed by atoms with E-state index in [0.29, 0.717) is 19.3 Å².